The van der Waals surface area contributed by atoms with Gasteiger partial charge in [-0.25, -0.2) is 0 Å². The standard InChI is InChI=1S/C16H25BrN4O/c1-5-18-16(20-11(2)3)19-9-8-15(22)21-14-7-6-13(17)10-12(14)4/h6-7,10-11H,5,8-9H2,1-4H3,(H,21,22)(H2,18,19,20). The van der Waals surface area contributed by atoms with Crippen molar-refractivity contribution >= 4 is 33.5 Å². The molecular formula is C16H25BrN4O. The highest BCUT2D eigenvalue weighted by Gasteiger charge is 2.05. The minimum Gasteiger partial charge on any atom is -0.357 e. The molecule has 22 heavy (non-hydrogen) atoms. The molecule has 0 fully saturated rings. The summed E-state index contributed by atoms with van der Waals surface area (Å²) in [7, 11) is 0. The first-order valence-corrected chi connectivity index (χ1v) is 8.32. The number of hydrogen-bond donors (Lipinski definition) is 3. The molecule has 0 bridgehead atoms. The van der Waals surface area contributed by atoms with Gasteiger partial charge >= 0.3 is 0 Å². The van der Waals surface area contributed by atoms with Crippen LogP contribution in [-0.2, 0) is 4.79 Å². The van der Waals surface area contributed by atoms with Crippen LogP contribution in [0.1, 0.15) is 32.8 Å². The van der Waals surface area contributed by atoms with E-state index >= 15 is 0 Å². The summed E-state index contributed by atoms with van der Waals surface area (Å²) in [5, 5.41) is 9.29. The van der Waals surface area contributed by atoms with Crippen molar-refractivity contribution in [3.8, 4) is 0 Å². The lowest BCUT2D eigenvalue weighted by atomic mass is 10.2. The first kappa shape index (κ1) is 18.5. The summed E-state index contributed by atoms with van der Waals surface area (Å²) >= 11 is 3.41. The summed E-state index contributed by atoms with van der Waals surface area (Å²) in [6.45, 7) is 9.33. The normalized spacial score (nSPS) is 11.5. The van der Waals surface area contributed by atoms with E-state index in [9.17, 15) is 4.79 Å². The maximum atomic E-state index is 12.0. The van der Waals surface area contributed by atoms with Gasteiger partial charge in [0.2, 0.25) is 5.91 Å². The third-order valence-electron chi connectivity index (χ3n) is 2.84. The molecule has 0 saturated heterocycles. The summed E-state index contributed by atoms with van der Waals surface area (Å²) in [6, 6.07) is 6.09. The van der Waals surface area contributed by atoms with Crippen LogP contribution in [0.5, 0.6) is 0 Å². The lowest BCUT2D eigenvalue weighted by molar-refractivity contribution is -0.116. The summed E-state index contributed by atoms with van der Waals surface area (Å²) in [4.78, 5) is 16.4. The maximum absolute atomic E-state index is 12.0. The summed E-state index contributed by atoms with van der Waals surface area (Å²) < 4.78 is 1.00. The van der Waals surface area contributed by atoms with Crippen molar-refractivity contribution in [2.45, 2.75) is 40.2 Å². The maximum Gasteiger partial charge on any atom is 0.226 e. The van der Waals surface area contributed by atoms with Crippen LogP contribution < -0.4 is 16.0 Å². The Bertz CT molecular complexity index is 529. The van der Waals surface area contributed by atoms with Gasteiger partial charge in [-0.15, -0.1) is 0 Å². The number of anilines is 1. The van der Waals surface area contributed by atoms with Gasteiger partial charge in [-0.2, -0.15) is 0 Å². The highest BCUT2D eigenvalue weighted by molar-refractivity contribution is 9.10. The Hall–Kier alpha value is -1.56. The molecule has 0 radical (unpaired) electrons. The van der Waals surface area contributed by atoms with Gasteiger partial charge in [-0.1, -0.05) is 15.9 Å². The average molecular weight is 369 g/mol. The van der Waals surface area contributed by atoms with Gasteiger partial charge in [0.05, 0.1) is 6.54 Å². The van der Waals surface area contributed by atoms with E-state index in [-0.39, 0.29) is 5.91 Å². The van der Waals surface area contributed by atoms with Gasteiger partial charge in [0.15, 0.2) is 5.96 Å². The molecule has 0 aromatic heterocycles. The van der Waals surface area contributed by atoms with Crippen LogP contribution in [0, 0.1) is 6.92 Å². The van der Waals surface area contributed by atoms with Crippen molar-refractivity contribution in [1.29, 1.82) is 0 Å². The van der Waals surface area contributed by atoms with Crippen LogP contribution >= 0.6 is 15.9 Å². The Morgan fingerprint density at radius 2 is 2.09 bits per heavy atom. The lowest BCUT2D eigenvalue weighted by Gasteiger charge is -2.14. The van der Waals surface area contributed by atoms with Crippen LogP contribution in [0.2, 0.25) is 0 Å². The topological polar surface area (TPSA) is 65.5 Å². The SMILES string of the molecule is CCNC(=NCCC(=O)Nc1ccc(Br)cc1C)NC(C)C. The van der Waals surface area contributed by atoms with E-state index in [1.165, 1.54) is 0 Å². The Morgan fingerprint density at radius 1 is 1.36 bits per heavy atom. The number of aliphatic imine (C=N–C) groups is 1. The second kappa shape index (κ2) is 9.46. The zero-order valence-corrected chi connectivity index (χ0v) is 15.3. The second-order valence-electron chi connectivity index (χ2n) is 5.32. The number of hydrogen-bond acceptors (Lipinski definition) is 2. The van der Waals surface area contributed by atoms with E-state index in [1.54, 1.807) is 0 Å². The highest BCUT2D eigenvalue weighted by atomic mass is 79.9. The predicted octanol–water partition coefficient (Wildman–Crippen LogP) is 3.05. The highest BCUT2D eigenvalue weighted by Crippen LogP contribution is 2.20. The Kier molecular flexibility index (Phi) is 7.95. The zero-order valence-electron chi connectivity index (χ0n) is 13.7. The van der Waals surface area contributed by atoms with Gasteiger partial charge in [0.25, 0.3) is 0 Å². The number of aryl methyl sites for hydroxylation is 1. The number of benzene rings is 1. The molecule has 0 aliphatic heterocycles. The molecule has 3 N–H and O–H groups in total. The Labute approximate surface area is 141 Å². The molecule has 0 spiro atoms. The van der Waals surface area contributed by atoms with Crippen LogP contribution in [-0.4, -0.2) is 31.0 Å². The minimum absolute atomic E-state index is 0.0328. The van der Waals surface area contributed by atoms with Gasteiger partial charge in [-0.3, -0.25) is 9.79 Å². The van der Waals surface area contributed by atoms with E-state index in [2.05, 4.69) is 50.7 Å². The molecule has 122 valence electrons. The largest absolute Gasteiger partial charge is 0.357 e. The number of halogens is 1. The van der Waals surface area contributed by atoms with Gasteiger partial charge in [0, 0.05) is 29.2 Å². The molecule has 0 atom stereocenters. The Balaban J connectivity index is 2.50. The van der Waals surface area contributed by atoms with Gasteiger partial charge in [0.1, 0.15) is 0 Å². The number of guanidine groups is 1. The molecule has 1 rings (SSSR count). The van der Waals surface area contributed by atoms with E-state index < -0.39 is 0 Å². The van der Waals surface area contributed by atoms with E-state index in [0.29, 0.717) is 19.0 Å². The quantitative estimate of drug-likeness (QED) is 0.533. The van der Waals surface area contributed by atoms with Crippen molar-refractivity contribution in [1.82, 2.24) is 10.6 Å². The monoisotopic (exact) mass is 368 g/mol. The molecule has 0 heterocycles. The van der Waals surface area contributed by atoms with Gasteiger partial charge < -0.3 is 16.0 Å². The molecule has 0 unspecified atom stereocenters. The summed E-state index contributed by atoms with van der Waals surface area (Å²) in [6.07, 6.45) is 0.351. The van der Waals surface area contributed by atoms with Crippen LogP contribution in [0.15, 0.2) is 27.7 Å². The first-order valence-electron chi connectivity index (χ1n) is 7.53. The van der Waals surface area contributed by atoms with E-state index in [0.717, 1.165) is 28.2 Å². The molecule has 6 heteroatoms. The number of carbonyl (C=O) groups excluding carboxylic acids is 1. The molecule has 1 aromatic carbocycles. The van der Waals surface area contributed by atoms with Crippen molar-refractivity contribution in [3.63, 3.8) is 0 Å². The van der Waals surface area contributed by atoms with Crippen molar-refractivity contribution in [2.75, 3.05) is 18.4 Å². The molecule has 5 nitrogen and oxygen atoms in total. The Morgan fingerprint density at radius 3 is 2.68 bits per heavy atom. The molecule has 1 aromatic rings. The van der Waals surface area contributed by atoms with Crippen LogP contribution in [0.25, 0.3) is 0 Å². The van der Waals surface area contributed by atoms with Crippen LogP contribution in [0.4, 0.5) is 5.69 Å². The average Bonchev–Trinajstić information content (AvgIpc) is 2.41. The lowest BCUT2D eigenvalue weighted by Crippen LogP contribution is -2.41. The second-order valence-corrected chi connectivity index (χ2v) is 6.23. The number of rotatable bonds is 6. The molecule has 0 aliphatic carbocycles. The van der Waals surface area contributed by atoms with E-state index in [1.807, 2.05) is 32.0 Å². The number of carbonyl (C=O) groups is 1. The van der Waals surface area contributed by atoms with Gasteiger partial charge in [-0.05, 0) is 51.5 Å². The smallest absolute Gasteiger partial charge is 0.226 e. The fourth-order valence-electron chi connectivity index (χ4n) is 1.84. The minimum atomic E-state index is -0.0328. The van der Waals surface area contributed by atoms with Crippen molar-refractivity contribution < 1.29 is 4.79 Å². The fraction of sp³-hybridized carbons (Fsp3) is 0.500. The predicted molar refractivity (Wildman–Crippen MR) is 96.4 cm³/mol. The number of nitrogens with one attached hydrogen (secondary N) is 3. The molecule has 0 saturated carbocycles. The fourth-order valence-corrected chi connectivity index (χ4v) is 2.32. The number of nitrogens with zero attached hydrogens (tertiary/aromatic N) is 1. The summed E-state index contributed by atoms with van der Waals surface area (Å²) in [5.41, 5.74) is 1.87. The summed E-state index contributed by atoms with van der Waals surface area (Å²) in [5.74, 6) is 0.708. The van der Waals surface area contributed by atoms with Crippen molar-refractivity contribution in [3.05, 3.63) is 28.2 Å². The molecule has 0 aliphatic rings. The third-order valence-corrected chi connectivity index (χ3v) is 3.33. The first-order chi connectivity index (χ1) is 10.4. The zero-order chi connectivity index (χ0) is 16.5. The third kappa shape index (κ3) is 6.93. The number of amides is 1. The van der Waals surface area contributed by atoms with E-state index in [4.69, 9.17) is 0 Å². The molecular weight excluding hydrogens is 344 g/mol. The van der Waals surface area contributed by atoms with Crippen molar-refractivity contribution in [2.24, 2.45) is 4.99 Å². The van der Waals surface area contributed by atoms with Crippen LogP contribution in [0.3, 0.4) is 0 Å². The molecule has 1 amide bonds.